The summed E-state index contributed by atoms with van der Waals surface area (Å²) >= 11 is 0. The van der Waals surface area contributed by atoms with E-state index in [1.54, 1.807) is 0 Å². The number of anilines is 1. The Bertz CT molecular complexity index is 1190. The molecule has 0 bridgehead atoms. The van der Waals surface area contributed by atoms with Gasteiger partial charge in [0.2, 0.25) is 5.89 Å². The van der Waals surface area contributed by atoms with Gasteiger partial charge in [-0.1, -0.05) is 25.5 Å². The Hall–Kier alpha value is -3.47. The number of carbonyl (C=O) groups is 1. The highest BCUT2D eigenvalue weighted by atomic mass is 19.1. The van der Waals surface area contributed by atoms with Crippen molar-refractivity contribution in [2.45, 2.75) is 44.9 Å². The Balaban J connectivity index is 1.50. The monoisotopic (exact) mass is 486 g/mol. The highest BCUT2D eigenvalue weighted by Crippen LogP contribution is 2.38. The Labute approximate surface area is 201 Å². The van der Waals surface area contributed by atoms with Gasteiger partial charge in [-0.15, -0.1) is 15.4 Å². The second-order valence-corrected chi connectivity index (χ2v) is 8.81. The molecule has 1 aliphatic rings. The maximum Gasteiger partial charge on any atom is 0.360 e. The smallest absolute Gasteiger partial charge is 0.360 e. The Morgan fingerprint density at radius 1 is 1.20 bits per heavy atom. The number of oxazole rings is 1. The summed E-state index contributed by atoms with van der Waals surface area (Å²) in [6.07, 6.45) is 7.15. The van der Waals surface area contributed by atoms with E-state index in [0.29, 0.717) is 11.5 Å². The van der Waals surface area contributed by atoms with Gasteiger partial charge in [0.05, 0.1) is 12.7 Å². The average molecular weight is 487 g/mol. The van der Waals surface area contributed by atoms with Gasteiger partial charge in [0, 0.05) is 11.6 Å². The van der Waals surface area contributed by atoms with E-state index in [2.05, 4.69) is 17.3 Å². The van der Waals surface area contributed by atoms with Crippen LogP contribution in [0.25, 0.3) is 11.5 Å². The zero-order valence-corrected chi connectivity index (χ0v) is 19.6. The minimum atomic E-state index is -1.98. The SMILES string of the molecule is CCC1CCC(c2ccc(-c3nc([N+](O)(O)Nc4cc(F)c(C(=O)O)cc4OC)co3)cc2)CC1. The van der Waals surface area contributed by atoms with Crippen LogP contribution >= 0.6 is 0 Å². The van der Waals surface area contributed by atoms with Crippen molar-refractivity contribution in [1.29, 1.82) is 0 Å². The van der Waals surface area contributed by atoms with E-state index in [0.717, 1.165) is 24.3 Å². The third-order valence-corrected chi connectivity index (χ3v) is 6.66. The van der Waals surface area contributed by atoms with Gasteiger partial charge in [0.25, 0.3) is 0 Å². The maximum absolute atomic E-state index is 14.1. The largest absolute Gasteiger partial charge is 0.494 e. The van der Waals surface area contributed by atoms with Crippen LogP contribution in [0.4, 0.5) is 15.9 Å². The number of aromatic carboxylic acids is 1. The standard InChI is InChI=1S/C25H28FN3O6/c1-3-15-4-6-16(7-5-15)17-8-10-18(11-9-17)24-27-23(14-35-24)29(32,33)28-21-13-20(26)19(25(30)31)12-22(21)34-2/h8-16,28,32-33H,3-7H2,1-2H3/p+1. The molecule has 10 heteroatoms. The maximum atomic E-state index is 14.1. The van der Waals surface area contributed by atoms with Crippen molar-refractivity contribution in [3.63, 3.8) is 0 Å². The molecule has 0 aliphatic heterocycles. The lowest BCUT2D eigenvalue weighted by Crippen LogP contribution is -2.48. The number of ether oxygens (including phenoxy) is 1. The molecular weight excluding hydrogens is 457 g/mol. The number of nitrogens with zero attached hydrogens (tertiary/aromatic N) is 2. The van der Waals surface area contributed by atoms with Crippen LogP contribution in [0.15, 0.2) is 47.1 Å². The number of quaternary nitrogens is 1. The topological polar surface area (TPSA) is 125 Å². The van der Waals surface area contributed by atoms with Crippen LogP contribution in [0.5, 0.6) is 5.75 Å². The number of hydrogen-bond acceptors (Lipinski definition) is 7. The lowest BCUT2D eigenvalue weighted by molar-refractivity contribution is -0.274. The van der Waals surface area contributed by atoms with Crippen molar-refractivity contribution >= 4 is 17.5 Å². The summed E-state index contributed by atoms with van der Waals surface area (Å²) in [5.41, 5.74) is 3.37. The molecule has 9 nitrogen and oxygen atoms in total. The number of benzene rings is 2. The van der Waals surface area contributed by atoms with E-state index < -0.39 is 22.3 Å². The van der Waals surface area contributed by atoms with E-state index in [9.17, 15) is 19.6 Å². The lowest BCUT2D eigenvalue weighted by Gasteiger charge is -2.28. The quantitative estimate of drug-likeness (QED) is 0.226. The molecule has 3 aromatic rings. The number of aromatic nitrogens is 1. The van der Waals surface area contributed by atoms with Gasteiger partial charge < -0.3 is 14.3 Å². The van der Waals surface area contributed by atoms with Crippen molar-refractivity contribution in [1.82, 2.24) is 9.90 Å². The molecule has 35 heavy (non-hydrogen) atoms. The van der Waals surface area contributed by atoms with E-state index >= 15 is 0 Å². The number of carboxylic acid groups (broad SMARTS) is 1. The first kappa shape index (κ1) is 24.6. The number of nitrogens with one attached hydrogen (secondary N) is 1. The van der Waals surface area contributed by atoms with Crippen molar-refractivity contribution in [2.75, 3.05) is 12.5 Å². The summed E-state index contributed by atoms with van der Waals surface area (Å²) < 4.78 is 24.6. The van der Waals surface area contributed by atoms with E-state index in [-0.39, 0.29) is 23.1 Å². The molecule has 1 fully saturated rings. The summed E-state index contributed by atoms with van der Waals surface area (Å²) in [6.45, 7) is 2.25. The minimum Gasteiger partial charge on any atom is -0.494 e. The van der Waals surface area contributed by atoms with Crippen LogP contribution in [0.2, 0.25) is 0 Å². The summed E-state index contributed by atoms with van der Waals surface area (Å²) in [7, 11) is 1.24. The predicted octanol–water partition coefficient (Wildman–Crippen LogP) is 5.98. The fourth-order valence-electron chi connectivity index (χ4n) is 4.54. The first-order valence-corrected chi connectivity index (χ1v) is 11.5. The van der Waals surface area contributed by atoms with Gasteiger partial charge in [-0.2, -0.15) is 5.43 Å². The van der Waals surface area contributed by atoms with Gasteiger partial charge in [-0.05, 0) is 61.3 Å². The zero-order chi connectivity index (χ0) is 25.2. The molecule has 1 aromatic heterocycles. The van der Waals surface area contributed by atoms with E-state index in [1.165, 1.54) is 44.8 Å². The third kappa shape index (κ3) is 5.29. The van der Waals surface area contributed by atoms with Crippen molar-refractivity contribution in [2.24, 2.45) is 5.92 Å². The molecule has 0 atom stereocenters. The molecule has 1 aliphatic carbocycles. The molecule has 2 aromatic carbocycles. The van der Waals surface area contributed by atoms with Crippen LogP contribution < -0.4 is 15.1 Å². The van der Waals surface area contributed by atoms with Crippen molar-refractivity contribution in [3.8, 4) is 17.2 Å². The highest BCUT2D eigenvalue weighted by molar-refractivity contribution is 5.89. The summed E-state index contributed by atoms with van der Waals surface area (Å²) in [6, 6.07) is 9.59. The molecule has 186 valence electrons. The summed E-state index contributed by atoms with van der Waals surface area (Å²) in [5.74, 6) is -1.46. The van der Waals surface area contributed by atoms with E-state index in [1.807, 2.05) is 24.3 Å². The molecule has 0 radical (unpaired) electrons. The number of carboxylic acids is 1. The molecule has 0 unspecified atom stereocenters. The Morgan fingerprint density at radius 3 is 2.49 bits per heavy atom. The number of methoxy groups -OCH3 is 1. The first-order chi connectivity index (χ1) is 16.7. The lowest BCUT2D eigenvalue weighted by atomic mass is 9.78. The van der Waals surface area contributed by atoms with Gasteiger partial charge >= 0.3 is 11.8 Å². The number of hydrogen-bond donors (Lipinski definition) is 4. The summed E-state index contributed by atoms with van der Waals surface area (Å²) in [5, 5.41) is 30.1. The van der Waals surface area contributed by atoms with Crippen LogP contribution in [-0.2, 0) is 0 Å². The molecule has 4 rings (SSSR count). The molecule has 1 saturated carbocycles. The van der Waals surface area contributed by atoms with Crippen molar-refractivity contribution in [3.05, 3.63) is 59.6 Å². The minimum absolute atomic E-state index is 0.110. The van der Waals surface area contributed by atoms with Crippen LogP contribution in [-0.4, -0.2) is 33.6 Å². The molecule has 1 heterocycles. The Morgan fingerprint density at radius 2 is 1.89 bits per heavy atom. The molecule has 4 N–H and O–H groups in total. The fraction of sp³-hybridized carbons (Fsp3) is 0.360. The number of halogens is 1. The predicted molar refractivity (Wildman–Crippen MR) is 126 cm³/mol. The fourth-order valence-corrected chi connectivity index (χ4v) is 4.54. The first-order valence-electron chi connectivity index (χ1n) is 11.5. The van der Waals surface area contributed by atoms with Gasteiger partial charge in [-0.3, -0.25) is 0 Å². The second-order valence-electron chi connectivity index (χ2n) is 8.81. The van der Waals surface area contributed by atoms with Crippen LogP contribution in [0, 0.1) is 11.7 Å². The van der Waals surface area contributed by atoms with Crippen LogP contribution in [0.3, 0.4) is 0 Å². The van der Waals surface area contributed by atoms with Crippen molar-refractivity contribution < 1.29 is 33.9 Å². The zero-order valence-electron chi connectivity index (χ0n) is 19.6. The molecule has 0 spiro atoms. The molecular formula is C25H29FN3O6+. The normalized spacial score (nSPS) is 18.3. The average Bonchev–Trinajstić information content (AvgIpc) is 3.35. The van der Waals surface area contributed by atoms with Gasteiger partial charge in [0.1, 0.15) is 22.2 Å². The third-order valence-electron chi connectivity index (χ3n) is 6.66. The Kier molecular flexibility index (Phi) is 7.06. The summed E-state index contributed by atoms with van der Waals surface area (Å²) in [4.78, 5) is 13.3. The van der Waals surface area contributed by atoms with E-state index in [4.69, 9.17) is 14.3 Å². The van der Waals surface area contributed by atoms with Gasteiger partial charge in [0.15, 0.2) is 6.26 Å². The highest BCUT2D eigenvalue weighted by Gasteiger charge is 2.34. The second kappa shape index (κ2) is 10.0. The van der Waals surface area contributed by atoms with Crippen LogP contribution in [0.1, 0.15) is 60.9 Å². The number of rotatable bonds is 8. The molecule has 0 saturated heterocycles. The molecule has 0 amide bonds. The van der Waals surface area contributed by atoms with Gasteiger partial charge in [-0.25, -0.2) is 9.18 Å².